The topological polar surface area (TPSA) is 66.0 Å². The van der Waals surface area contributed by atoms with E-state index in [1.54, 1.807) is 18.3 Å². The van der Waals surface area contributed by atoms with Gasteiger partial charge in [-0.05, 0) is 82.5 Å². The normalized spacial score (nSPS) is 14.6. The zero-order chi connectivity index (χ0) is 22.9. The number of benzene rings is 3. The van der Waals surface area contributed by atoms with Gasteiger partial charge in [0.25, 0.3) is 0 Å². The number of aliphatic carboxylic acids is 1. The molecule has 2 N–H and O–H groups in total. The predicted molar refractivity (Wildman–Crippen MR) is 129 cm³/mol. The van der Waals surface area contributed by atoms with Crippen molar-refractivity contribution in [3.63, 3.8) is 0 Å². The van der Waals surface area contributed by atoms with Gasteiger partial charge in [-0.15, -0.1) is 0 Å². The van der Waals surface area contributed by atoms with Gasteiger partial charge >= 0.3 is 5.97 Å². The fraction of sp³-hybridized carbons (Fsp3) is 0.111. The van der Waals surface area contributed by atoms with E-state index >= 15 is 0 Å². The minimum Gasteiger partial charge on any atom is -0.478 e. The van der Waals surface area contributed by atoms with Crippen molar-refractivity contribution in [3.8, 4) is 0 Å². The molecule has 33 heavy (non-hydrogen) atoms. The number of halogens is 2. The number of aromatic nitrogens is 2. The maximum absolute atomic E-state index is 13.8. The number of nitrogens with one attached hydrogen (secondary N) is 1. The molecular formula is C27H20ClFN2O2. The van der Waals surface area contributed by atoms with E-state index in [9.17, 15) is 9.18 Å². The zero-order valence-electron chi connectivity index (χ0n) is 17.6. The highest BCUT2D eigenvalue weighted by Gasteiger charge is 2.31. The van der Waals surface area contributed by atoms with Gasteiger partial charge in [-0.2, -0.15) is 5.10 Å². The van der Waals surface area contributed by atoms with Crippen LogP contribution >= 0.6 is 11.6 Å². The van der Waals surface area contributed by atoms with Gasteiger partial charge in [-0.25, -0.2) is 9.18 Å². The van der Waals surface area contributed by atoms with Crippen LogP contribution in [0, 0.1) is 11.7 Å². The standard InChI is InChI=1S/C27H20ClFN2O2/c28-23-14-21(29)9-10-22(23)27(18-6-7-18)26(19-8-11-24-20(13-19)15-30-31-24)17-4-1-16(2-5-17)3-12-25(32)33/h1-5,8-15,18H,6-7H2,(H,30,31)(H,32,33). The van der Waals surface area contributed by atoms with Gasteiger partial charge in [-0.3, -0.25) is 5.10 Å². The molecule has 164 valence electrons. The van der Waals surface area contributed by atoms with Crippen LogP contribution in [-0.2, 0) is 4.79 Å². The lowest BCUT2D eigenvalue weighted by Crippen LogP contribution is -1.99. The van der Waals surface area contributed by atoms with Gasteiger partial charge in [0.2, 0.25) is 0 Å². The van der Waals surface area contributed by atoms with E-state index in [2.05, 4.69) is 16.3 Å². The Kier molecular flexibility index (Phi) is 5.56. The number of hydrogen-bond donors (Lipinski definition) is 2. The van der Waals surface area contributed by atoms with Crippen molar-refractivity contribution >= 4 is 45.7 Å². The largest absolute Gasteiger partial charge is 0.478 e. The van der Waals surface area contributed by atoms with E-state index < -0.39 is 5.97 Å². The molecule has 0 atom stereocenters. The van der Waals surface area contributed by atoms with Crippen molar-refractivity contribution < 1.29 is 14.3 Å². The van der Waals surface area contributed by atoms with Crippen LogP contribution in [0.3, 0.4) is 0 Å². The van der Waals surface area contributed by atoms with Gasteiger partial charge in [0.15, 0.2) is 0 Å². The maximum atomic E-state index is 13.8. The first-order valence-corrected chi connectivity index (χ1v) is 11.0. The quantitative estimate of drug-likeness (QED) is 0.246. The van der Waals surface area contributed by atoms with Crippen LogP contribution in [0.25, 0.3) is 28.1 Å². The Bertz CT molecular complexity index is 1420. The first kappa shape index (κ1) is 21.2. The van der Waals surface area contributed by atoms with Crippen molar-refractivity contribution in [2.75, 3.05) is 0 Å². The first-order chi connectivity index (χ1) is 16.0. The van der Waals surface area contributed by atoms with E-state index in [0.717, 1.165) is 63.2 Å². The number of allylic oxidation sites excluding steroid dienone is 1. The SMILES string of the molecule is O=C(O)C=Cc1ccc(C(=C(c2ccc(F)cc2Cl)C2CC2)c2ccc3[nH]ncc3c2)cc1. The molecule has 4 nitrogen and oxygen atoms in total. The summed E-state index contributed by atoms with van der Waals surface area (Å²) in [6.45, 7) is 0. The molecule has 5 rings (SSSR count). The molecule has 1 saturated carbocycles. The molecule has 1 fully saturated rings. The molecular weight excluding hydrogens is 439 g/mol. The lowest BCUT2D eigenvalue weighted by molar-refractivity contribution is -0.131. The van der Waals surface area contributed by atoms with Gasteiger partial charge in [0, 0.05) is 11.5 Å². The molecule has 1 heterocycles. The van der Waals surface area contributed by atoms with Crippen molar-refractivity contribution in [1.82, 2.24) is 10.2 Å². The summed E-state index contributed by atoms with van der Waals surface area (Å²) in [5.74, 6) is -1.03. The molecule has 0 unspecified atom stereocenters. The lowest BCUT2D eigenvalue weighted by Gasteiger charge is -2.18. The highest BCUT2D eigenvalue weighted by Crippen LogP contribution is 2.49. The summed E-state index contributed by atoms with van der Waals surface area (Å²) in [5.41, 5.74) is 6.68. The average Bonchev–Trinajstić information content (AvgIpc) is 3.53. The van der Waals surface area contributed by atoms with Crippen molar-refractivity contribution in [1.29, 1.82) is 0 Å². The highest BCUT2D eigenvalue weighted by molar-refractivity contribution is 6.32. The number of carbonyl (C=O) groups is 1. The van der Waals surface area contributed by atoms with Crippen LogP contribution in [-0.4, -0.2) is 21.3 Å². The smallest absolute Gasteiger partial charge is 0.328 e. The van der Waals surface area contributed by atoms with E-state index in [1.807, 2.05) is 36.4 Å². The summed E-state index contributed by atoms with van der Waals surface area (Å²) in [5, 5.41) is 17.4. The molecule has 0 spiro atoms. The summed E-state index contributed by atoms with van der Waals surface area (Å²) in [4.78, 5) is 10.9. The molecule has 0 saturated heterocycles. The Morgan fingerprint density at radius 2 is 1.82 bits per heavy atom. The molecule has 0 bridgehead atoms. The Hall–Kier alpha value is -3.70. The average molecular weight is 459 g/mol. The summed E-state index contributed by atoms with van der Waals surface area (Å²) >= 11 is 6.53. The molecule has 1 aromatic heterocycles. The fourth-order valence-electron chi connectivity index (χ4n) is 4.14. The highest BCUT2D eigenvalue weighted by atomic mass is 35.5. The zero-order valence-corrected chi connectivity index (χ0v) is 18.3. The van der Waals surface area contributed by atoms with E-state index in [-0.39, 0.29) is 5.82 Å². The molecule has 6 heteroatoms. The third-order valence-corrected chi connectivity index (χ3v) is 6.14. The van der Waals surface area contributed by atoms with Crippen LogP contribution in [0.5, 0.6) is 0 Å². The fourth-order valence-corrected chi connectivity index (χ4v) is 4.41. The Morgan fingerprint density at radius 3 is 2.52 bits per heavy atom. The van der Waals surface area contributed by atoms with Gasteiger partial charge < -0.3 is 5.11 Å². The lowest BCUT2D eigenvalue weighted by atomic mass is 9.86. The monoisotopic (exact) mass is 458 g/mol. The van der Waals surface area contributed by atoms with E-state index in [1.165, 1.54) is 12.1 Å². The minimum atomic E-state index is -0.991. The van der Waals surface area contributed by atoms with Crippen LogP contribution in [0.1, 0.15) is 35.1 Å². The molecule has 0 amide bonds. The van der Waals surface area contributed by atoms with Crippen LogP contribution in [0.2, 0.25) is 5.02 Å². The number of hydrogen-bond acceptors (Lipinski definition) is 2. The number of nitrogens with zero attached hydrogens (tertiary/aromatic N) is 1. The third-order valence-electron chi connectivity index (χ3n) is 5.82. The van der Waals surface area contributed by atoms with Crippen LogP contribution < -0.4 is 0 Å². The first-order valence-electron chi connectivity index (χ1n) is 10.6. The summed E-state index contributed by atoms with van der Waals surface area (Å²) in [6.07, 6.45) is 6.55. The Labute approximate surface area is 195 Å². The maximum Gasteiger partial charge on any atom is 0.328 e. The number of rotatable bonds is 6. The molecule has 0 radical (unpaired) electrons. The second-order valence-electron chi connectivity index (χ2n) is 8.15. The van der Waals surface area contributed by atoms with Crippen LogP contribution in [0.4, 0.5) is 4.39 Å². The number of fused-ring (bicyclic) bond motifs is 1. The van der Waals surface area contributed by atoms with Crippen molar-refractivity contribution in [3.05, 3.63) is 106 Å². The number of aromatic amines is 1. The van der Waals surface area contributed by atoms with E-state index in [0.29, 0.717) is 10.9 Å². The van der Waals surface area contributed by atoms with E-state index in [4.69, 9.17) is 16.7 Å². The van der Waals surface area contributed by atoms with Gasteiger partial charge in [-0.1, -0.05) is 48.0 Å². The van der Waals surface area contributed by atoms with Gasteiger partial charge in [0.05, 0.1) is 16.7 Å². The minimum absolute atomic E-state index is 0.328. The number of carboxylic acid groups (broad SMARTS) is 1. The number of H-pyrrole nitrogens is 1. The van der Waals surface area contributed by atoms with Crippen molar-refractivity contribution in [2.24, 2.45) is 5.92 Å². The molecule has 1 aliphatic carbocycles. The third kappa shape index (κ3) is 4.45. The number of carboxylic acids is 1. The van der Waals surface area contributed by atoms with Crippen molar-refractivity contribution in [2.45, 2.75) is 12.8 Å². The second-order valence-corrected chi connectivity index (χ2v) is 8.56. The van der Waals surface area contributed by atoms with Crippen LogP contribution in [0.15, 0.2) is 72.9 Å². The molecule has 1 aliphatic rings. The molecule has 3 aromatic carbocycles. The summed E-state index contributed by atoms with van der Waals surface area (Å²) in [7, 11) is 0. The molecule has 0 aliphatic heterocycles. The molecule has 4 aromatic rings. The Morgan fingerprint density at radius 1 is 1.06 bits per heavy atom. The summed E-state index contributed by atoms with van der Waals surface area (Å²) in [6, 6.07) is 18.4. The van der Waals surface area contributed by atoms with Gasteiger partial charge in [0.1, 0.15) is 5.82 Å². The second kappa shape index (κ2) is 8.68. The Balaban J connectivity index is 1.73. The summed E-state index contributed by atoms with van der Waals surface area (Å²) < 4.78 is 13.8. The predicted octanol–water partition coefficient (Wildman–Crippen LogP) is 6.82.